The number of aliphatic hydroxyl groups is 1. The van der Waals surface area contributed by atoms with Crippen LogP contribution in [0, 0.1) is 13.8 Å². The first-order chi connectivity index (χ1) is 16.4. The average molecular weight is 474 g/mol. The zero-order valence-electron chi connectivity index (χ0n) is 19.2. The van der Waals surface area contributed by atoms with Gasteiger partial charge in [0, 0.05) is 29.4 Å². The molecule has 0 atom stereocenters. The lowest BCUT2D eigenvalue weighted by Gasteiger charge is -2.10. The van der Waals surface area contributed by atoms with Crippen LogP contribution in [0.1, 0.15) is 28.2 Å². The second-order valence-electron chi connectivity index (χ2n) is 8.29. The van der Waals surface area contributed by atoms with E-state index < -0.39 is 0 Å². The van der Waals surface area contributed by atoms with Crippen LogP contribution in [0.3, 0.4) is 0 Å². The minimum absolute atomic E-state index is 0.112. The minimum atomic E-state index is -0.112. The number of halogens is 1. The van der Waals surface area contributed by atoms with E-state index >= 15 is 0 Å². The zero-order chi connectivity index (χ0) is 23.8. The van der Waals surface area contributed by atoms with Crippen molar-refractivity contribution in [2.24, 2.45) is 0 Å². The summed E-state index contributed by atoms with van der Waals surface area (Å²) in [6, 6.07) is 13.6. The van der Waals surface area contributed by atoms with Gasteiger partial charge in [0.05, 0.1) is 31.4 Å². The van der Waals surface area contributed by atoms with E-state index in [1.54, 1.807) is 24.0 Å². The molecule has 0 bridgehead atoms. The smallest absolute Gasteiger partial charge is 0.163 e. The summed E-state index contributed by atoms with van der Waals surface area (Å²) in [4.78, 5) is 9.15. The lowest BCUT2D eigenvalue weighted by molar-refractivity contribution is 0.282. The number of imidazole rings is 1. The molecule has 8 heteroatoms. The van der Waals surface area contributed by atoms with Gasteiger partial charge in [0.1, 0.15) is 5.75 Å². The number of aryl methyl sites for hydroxylation is 2. The highest BCUT2D eigenvalue weighted by Gasteiger charge is 2.15. The number of pyridine rings is 1. The normalized spacial score (nSPS) is 11.3. The van der Waals surface area contributed by atoms with Crippen LogP contribution in [0.15, 0.2) is 61.2 Å². The summed E-state index contributed by atoms with van der Waals surface area (Å²) >= 11 is 6.14. The van der Waals surface area contributed by atoms with Crippen LogP contribution in [-0.2, 0) is 13.0 Å². The number of fused-ring (bicyclic) bond motifs is 1. The number of benzene rings is 2. The van der Waals surface area contributed by atoms with Crippen LogP contribution >= 0.6 is 11.6 Å². The molecule has 0 aliphatic carbocycles. The standard InChI is InChI=1S/C26H24ClN5O2/c1-16-8-22(21-6-5-20(27)11-19(21)14-33)26-29-25(30-32(26)12-16)10-18-4-7-23(24(9-18)34-3)31-13-17(2)28-15-31/h4-9,11-13,15,33H,10,14H2,1-3H3. The number of hydrogen-bond donors (Lipinski definition) is 1. The number of methoxy groups -OCH3 is 1. The van der Waals surface area contributed by atoms with Crippen LogP contribution in [0.2, 0.25) is 5.02 Å². The molecule has 172 valence electrons. The van der Waals surface area contributed by atoms with Gasteiger partial charge in [-0.3, -0.25) is 0 Å². The van der Waals surface area contributed by atoms with Crippen molar-refractivity contribution in [2.75, 3.05) is 7.11 Å². The van der Waals surface area contributed by atoms with E-state index in [0.29, 0.717) is 17.3 Å². The molecule has 5 aromatic rings. The number of ether oxygens (including phenoxy) is 1. The van der Waals surface area contributed by atoms with Crippen LogP contribution in [0.4, 0.5) is 0 Å². The molecule has 0 aliphatic heterocycles. The molecule has 0 saturated heterocycles. The van der Waals surface area contributed by atoms with Crippen molar-refractivity contribution in [2.45, 2.75) is 26.9 Å². The van der Waals surface area contributed by atoms with Crippen molar-refractivity contribution in [3.8, 4) is 22.6 Å². The Morgan fingerprint density at radius 3 is 2.62 bits per heavy atom. The number of aromatic nitrogens is 5. The fourth-order valence-corrected chi connectivity index (χ4v) is 4.37. The van der Waals surface area contributed by atoms with Crippen molar-refractivity contribution in [3.63, 3.8) is 0 Å². The second-order valence-corrected chi connectivity index (χ2v) is 8.73. The third kappa shape index (κ3) is 4.16. The van der Waals surface area contributed by atoms with Gasteiger partial charge in [-0.25, -0.2) is 14.5 Å². The molecule has 5 rings (SSSR count). The Morgan fingerprint density at radius 1 is 1.03 bits per heavy atom. The fraction of sp³-hybridized carbons (Fsp3) is 0.192. The largest absolute Gasteiger partial charge is 0.495 e. The molecule has 0 spiro atoms. The Labute approximate surface area is 202 Å². The van der Waals surface area contributed by atoms with Gasteiger partial charge in [-0.15, -0.1) is 0 Å². The molecule has 2 aromatic carbocycles. The highest BCUT2D eigenvalue weighted by Crippen LogP contribution is 2.31. The van der Waals surface area contributed by atoms with Crippen molar-refractivity contribution in [3.05, 3.63) is 94.4 Å². The Hall–Kier alpha value is -3.68. The monoisotopic (exact) mass is 473 g/mol. The first-order valence-electron chi connectivity index (χ1n) is 10.9. The summed E-state index contributed by atoms with van der Waals surface area (Å²) < 4.78 is 9.39. The molecule has 1 N–H and O–H groups in total. The summed E-state index contributed by atoms with van der Waals surface area (Å²) in [7, 11) is 1.66. The van der Waals surface area contributed by atoms with Crippen LogP contribution in [0.5, 0.6) is 5.75 Å². The third-order valence-electron chi connectivity index (χ3n) is 5.74. The number of rotatable bonds is 6. The Bertz CT molecular complexity index is 1500. The van der Waals surface area contributed by atoms with Gasteiger partial charge >= 0.3 is 0 Å². The summed E-state index contributed by atoms with van der Waals surface area (Å²) in [6.07, 6.45) is 6.24. The average Bonchev–Trinajstić information content (AvgIpc) is 3.43. The van der Waals surface area contributed by atoms with E-state index in [4.69, 9.17) is 26.4 Å². The maximum atomic E-state index is 9.88. The first kappa shape index (κ1) is 22.1. The molecule has 0 amide bonds. The molecule has 3 heterocycles. The SMILES string of the molecule is COc1cc(Cc2nc3c(-c4ccc(Cl)cc4CO)cc(C)cn3n2)ccc1-n1cnc(C)c1. The molecule has 0 saturated carbocycles. The van der Waals surface area contributed by atoms with Gasteiger partial charge in [0.15, 0.2) is 11.5 Å². The molecule has 0 unspecified atom stereocenters. The summed E-state index contributed by atoms with van der Waals surface area (Å²) in [5.41, 5.74) is 7.22. The van der Waals surface area contributed by atoms with Crippen molar-refractivity contribution in [1.29, 1.82) is 0 Å². The Balaban J connectivity index is 1.53. The highest BCUT2D eigenvalue weighted by molar-refractivity contribution is 6.30. The van der Waals surface area contributed by atoms with E-state index in [1.807, 2.05) is 61.1 Å². The molecular formula is C26H24ClN5O2. The van der Waals surface area contributed by atoms with Crippen molar-refractivity contribution >= 4 is 17.2 Å². The molecular weight excluding hydrogens is 450 g/mol. The van der Waals surface area contributed by atoms with Gasteiger partial charge < -0.3 is 14.4 Å². The van der Waals surface area contributed by atoms with Crippen LogP contribution in [-0.4, -0.2) is 36.4 Å². The number of nitrogens with zero attached hydrogens (tertiary/aromatic N) is 5. The van der Waals surface area contributed by atoms with Crippen molar-refractivity contribution in [1.82, 2.24) is 24.1 Å². The van der Waals surface area contributed by atoms with Crippen LogP contribution in [0.25, 0.3) is 22.5 Å². The number of aliphatic hydroxyl groups excluding tert-OH is 1. The quantitative estimate of drug-likeness (QED) is 0.378. The Kier molecular flexibility index (Phi) is 5.81. The zero-order valence-corrected chi connectivity index (χ0v) is 19.9. The molecule has 7 nitrogen and oxygen atoms in total. The third-order valence-corrected chi connectivity index (χ3v) is 5.97. The van der Waals surface area contributed by atoms with Gasteiger partial charge in [-0.2, -0.15) is 5.10 Å². The summed E-state index contributed by atoms with van der Waals surface area (Å²) in [5, 5.41) is 15.2. The summed E-state index contributed by atoms with van der Waals surface area (Å²) in [5.74, 6) is 1.45. The van der Waals surface area contributed by atoms with E-state index in [0.717, 1.165) is 50.6 Å². The number of hydrogen-bond acceptors (Lipinski definition) is 5. The maximum absolute atomic E-state index is 9.88. The van der Waals surface area contributed by atoms with E-state index in [1.165, 1.54) is 0 Å². The predicted octanol–water partition coefficient (Wildman–Crippen LogP) is 4.94. The van der Waals surface area contributed by atoms with Gasteiger partial charge in [-0.1, -0.05) is 23.7 Å². The van der Waals surface area contributed by atoms with Crippen LogP contribution < -0.4 is 4.74 Å². The van der Waals surface area contributed by atoms with E-state index in [2.05, 4.69) is 11.1 Å². The first-order valence-corrected chi connectivity index (χ1v) is 11.3. The van der Waals surface area contributed by atoms with Gasteiger partial charge in [0.25, 0.3) is 0 Å². The lowest BCUT2D eigenvalue weighted by Crippen LogP contribution is -1.98. The van der Waals surface area contributed by atoms with Crippen molar-refractivity contribution < 1.29 is 9.84 Å². The topological polar surface area (TPSA) is 77.5 Å². The molecule has 0 aliphatic rings. The van der Waals surface area contributed by atoms with Gasteiger partial charge in [-0.05, 0) is 66.4 Å². The molecule has 34 heavy (non-hydrogen) atoms. The van der Waals surface area contributed by atoms with Gasteiger partial charge in [0.2, 0.25) is 0 Å². The fourth-order valence-electron chi connectivity index (χ4n) is 4.17. The molecule has 3 aromatic heterocycles. The lowest BCUT2D eigenvalue weighted by atomic mass is 10.00. The minimum Gasteiger partial charge on any atom is -0.495 e. The highest BCUT2D eigenvalue weighted by atomic mass is 35.5. The summed E-state index contributed by atoms with van der Waals surface area (Å²) in [6.45, 7) is 3.86. The van der Waals surface area contributed by atoms with E-state index in [-0.39, 0.29) is 6.61 Å². The van der Waals surface area contributed by atoms with E-state index in [9.17, 15) is 5.11 Å². The maximum Gasteiger partial charge on any atom is 0.163 e. The predicted molar refractivity (Wildman–Crippen MR) is 132 cm³/mol. The molecule has 0 radical (unpaired) electrons. The Morgan fingerprint density at radius 2 is 1.88 bits per heavy atom. The molecule has 0 fully saturated rings. The second kappa shape index (κ2) is 8.93.